The van der Waals surface area contributed by atoms with E-state index in [0.717, 1.165) is 0 Å². The number of carbonyl (C=O) groups excluding carboxylic acids is 1. The number of rotatable bonds is 2. The molecule has 0 spiro atoms. The van der Waals surface area contributed by atoms with Gasteiger partial charge in [-0.05, 0) is 19.1 Å². The molecule has 0 aliphatic heterocycles. The van der Waals surface area contributed by atoms with E-state index in [4.69, 9.17) is 5.26 Å². The zero-order valence-electron chi connectivity index (χ0n) is 7.19. The van der Waals surface area contributed by atoms with Gasteiger partial charge in [-0.1, -0.05) is 0 Å². The Morgan fingerprint density at radius 3 is 3.08 bits per heavy atom. The summed E-state index contributed by atoms with van der Waals surface area (Å²) < 4.78 is 0. The van der Waals surface area contributed by atoms with Gasteiger partial charge in [0.2, 0.25) is 5.91 Å². The Kier molecular flexibility index (Phi) is 2.98. The van der Waals surface area contributed by atoms with Crippen LogP contribution in [0.2, 0.25) is 0 Å². The van der Waals surface area contributed by atoms with Crippen molar-refractivity contribution in [2.75, 3.05) is 5.32 Å². The molecule has 1 rings (SSSR count). The average Bonchev–Trinajstić information content (AvgIpc) is 2.18. The third-order valence-corrected chi connectivity index (χ3v) is 1.52. The second-order valence-corrected chi connectivity index (χ2v) is 2.58. The van der Waals surface area contributed by atoms with Gasteiger partial charge < -0.3 is 5.32 Å². The van der Waals surface area contributed by atoms with E-state index in [1.165, 1.54) is 6.20 Å². The Morgan fingerprint density at radius 1 is 1.77 bits per heavy atom. The molecule has 1 atom stereocenters. The summed E-state index contributed by atoms with van der Waals surface area (Å²) in [6.07, 6.45) is 3.14. The number of carbonyl (C=O) groups is 1. The predicted molar refractivity (Wildman–Crippen MR) is 47.6 cm³/mol. The van der Waals surface area contributed by atoms with E-state index in [-0.39, 0.29) is 5.91 Å². The number of amides is 1. The summed E-state index contributed by atoms with van der Waals surface area (Å²) in [5, 5.41) is 11.0. The maximum absolute atomic E-state index is 11.2. The Morgan fingerprint density at radius 2 is 2.54 bits per heavy atom. The van der Waals surface area contributed by atoms with Gasteiger partial charge in [0.05, 0.1) is 18.0 Å². The lowest BCUT2D eigenvalue weighted by atomic mass is 10.2. The van der Waals surface area contributed by atoms with Crippen molar-refractivity contribution in [2.24, 2.45) is 5.92 Å². The van der Waals surface area contributed by atoms with Gasteiger partial charge in [-0.2, -0.15) is 5.26 Å². The molecule has 0 saturated carbocycles. The summed E-state index contributed by atoms with van der Waals surface area (Å²) in [6.45, 7) is 1.55. The molecule has 0 saturated heterocycles. The minimum absolute atomic E-state index is 0.310. The molecule has 1 aromatic rings. The summed E-state index contributed by atoms with van der Waals surface area (Å²) >= 11 is 0. The van der Waals surface area contributed by atoms with Crippen molar-refractivity contribution in [3.05, 3.63) is 24.5 Å². The number of hydrogen-bond acceptors (Lipinski definition) is 3. The van der Waals surface area contributed by atoms with Gasteiger partial charge in [-0.15, -0.1) is 0 Å². The fourth-order valence-electron chi connectivity index (χ4n) is 0.746. The molecule has 0 aliphatic rings. The van der Waals surface area contributed by atoms with Crippen LogP contribution in [-0.2, 0) is 4.79 Å². The van der Waals surface area contributed by atoms with Crippen molar-refractivity contribution in [1.29, 1.82) is 5.26 Å². The second kappa shape index (κ2) is 4.21. The van der Waals surface area contributed by atoms with E-state index in [2.05, 4.69) is 10.3 Å². The molecule has 0 fully saturated rings. The van der Waals surface area contributed by atoms with Crippen LogP contribution in [-0.4, -0.2) is 10.9 Å². The molecule has 1 N–H and O–H groups in total. The number of aromatic nitrogens is 1. The standard InChI is InChI=1S/C9H9N3O/c1-7(5-10)9(13)12-8-3-2-4-11-6-8/h2-4,6-7H,1H3,(H,12,13). The van der Waals surface area contributed by atoms with E-state index >= 15 is 0 Å². The summed E-state index contributed by atoms with van der Waals surface area (Å²) in [5.74, 6) is -0.948. The molecule has 66 valence electrons. The van der Waals surface area contributed by atoms with Gasteiger partial charge in [0.1, 0.15) is 5.92 Å². The van der Waals surface area contributed by atoms with Gasteiger partial charge in [0.25, 0.3) is 0 Å². The van der Waals surface area contributed by atoms with Crippen LogP contribution in [0.15, 0.2) is 24.5 Å². The average molecular weight is 175 g/mol. The van der Waals surface area contributed by atoms with Crippen LogP contribution in [0.1, 0.15) is 6.92 Å². The topological polar surface area (TPSA) is 65.8 Å². The fraction of sp³-hybridized carbons (Fsp3) is 0.222. The van der Waals surface area contributed by atoms with Crippen LogP contribution in [0.5, 0.6) is 0 Å². The molecular weight excluding hydrogens is 166 g/mol. The third-order valence-electron chi connectivity index (χ3n) is 1.52. The number of nitrogens with one attached hydrogen (secondary N) is 1. The van der Waals surface area contributed by atoms with Crippen molar-refractivity contribution in [2.45, 2.75) is 6.92 Å². The van der Waals surface area contributed by atoms with E-state index < -0.39 is 5.92 Å². The Labute approximate surface area is 76.2 Å². The molecule has 1 aromatic heterocycles. The zero-order valence-corrected chi connectivity index (χ0v) is 7.19. The van der Waals surface area contributed by atoms with Gasteiger partial charge in [-0.3, -0.25) is 9.78 Å². The van der Waals surface area contributed by atoms with Crippen LogP contribution in [0.3, 0.4) is 0 Å². The number of hydrogen-bond donors (Lipinski definition) is 1. The number of nitrogens with zero attached hydrogens (tertiary/aromatic N) is 2. The van der Waals surface area contributed by atoms with Crippen molar-refractivity contribution in [3.8, 4) is 6.07 Å². The first-order valence-corrected chi connectivity index (χ1v) is 3.84. The van der Waals surface area contributed by atoms with Gasteiger partial charge >= 0.3 is 0 Å². The first kappa shape index (κ1) is 9.20. The van der Waals surface area contributed by atoms with E-state index in [1.54, 1.807) is 25.3 Å². The highest BCUT2D eigenvalue weighted by molar-refractivity contribution is 5.93. The Bertz CT molecular complexity index is 328. The Balaban J connectivity index is 2.62. The SMILES string of the molecule is CC(C#N)C(=O)Nc1cccnc1. The maximum atomic E-state index is 11.2. The molecular formula is C9H9N3O. The Hall–Kier alpha value is -1.89. The smallest absolute Gasteiger partial charge is 0.241 e. The molecule has 0 aromatic carbocycles. The second-order valence-electron chi connectivity index (χ2n) is 2.58. The quantitative estimate of drug-likeness (QED) is 0.733. The molecule has 4 nitrogen and oxygen atoms in total. The zero-order chi connectivity index (χ0) is 9.68. The molecule has 0 aliphatic carbocycles. The first-order chi connectivity index (χ1) is 6.24. The molecule has 13 heavy (non-hydrogen) atoms. The van der Waals surface area contributed by atoms with E-state index in [0.29, 0.717) is 5.69 Å². The molecule has 1 unspecified atom stereocenters. The van der Waals surface area contributed by atoms with Crippen LogP contribution >= 0.6 is 0 Å². The summed E-state index contributed by atoms with van der Waals surface area (Å²) in [6, 6.07) is 5.28. The lowest BCUT2D eigenvalue weighted by Gasteiger charge is -2.04. The lowest BCUT2D eigenvalue weighted by Crippen LogP contribution is -2.18. The van der Waals surface area contributed by atoms with Crippen molar-refractivity contribution in [1.82, 2.24) is 4.98 Å². The summed E-state index contributed by atoms with van der Waals surface area (Å²) in [4.78, 5) is 15.0. The molecule has 1 heterocycles. The number of nitriles is 1. The van der Waals surface area contributed by atoms with E-state index in [1.807, 2.05) is 6.07 Å². The lowest BCUT2D eigenvalue weighted by molar-refractivity contribution is -0.117. The van der Waals surface area contributed by atoms with Gasteiger partial charge in [0.15, 0.2) is 0 Å². The largest absolute Gasteiger partial charge is 0.324 e. The number of anilines is 1. The highest BCUT2D eigenvalue weighted by Crippen LogP contribution is 2.04. The monoisotopic (exact) mass is 175 g/mol. The number of pyridine rings is 1. The van der Waals surface area contributed by atoms with Crippen LogP contribution in [0.4, 0.5) is 5.69 Å². The van der Waals surface area contributed by atoms with Crippen LogP contribution in [0.25, 0.3) is 0 Å². The molecule has 4 heteroatoms. The van der Waals surface area contributed by atoms with Crippen molar-refractivity contribution in [3.63, 3.8) is 0 Å². The normalized spacial score (nSPS) is 11.4. The summed E-state index contributed by atoms with van der Waals surface area (Å²) in [7, 11) is 0. The molecule has 0 bridgehead atoms. The highest BCUT2D eigenvalue weighted by atomic mass is 16.1. The van der Waals surface area contributed by atoms with Crippen molar-refractivity contribution < 1.29 is 4.79 Å². The minimum atomic E-state index is -0.639. The maximum Gasteiger partial charge on any atom is 0.241 e. The van der Waals surface area contributed by atoms with Crippen LogP contribution in [0, 0.1) is 17.2 Å². The van der Waals surface area contributed by atoms with E-state index in [9.17, 15) is 4.79 Å². The summed E-state index contributed by atoms with van der Waals surface area (Å²) in [5.41, 5.74) is 0.606. The van der Waals surface area contributed by atoms with Crippen molar-refractivity contribution >= 4 is 11.6 Å². The van der Waals surface area contributed by atoms with Gasteiger partial charge in [-0.25, -0.2) is 0 Å². The molecule has 0 radical (unpaired) electrons. The van der Waals surface area contributed by atoms with Gasteiger partial charge in [0, 0.05) is 6.20 Å². The molecule has 1 amide bonds. The first-order valence-electron chi connectivity index (χ1n) is 3.84. The highest BCUT2D eigenvalue weighted by Gasteiger charge is 2.10. The minimum Gasteiger partial charge on any atom is -0.324 e. The third kappa shape index (κ3) is 2.56. The predicted octanol–water partition coefficient (Wildman–Crippen LogP) is 1.18. The fourth-order valence-corrected chi connectivity index (χ4v) is 0.746. The van der Waals surface area contributed by atoms with Crippen LogP contribution < -0.4 is 5.32 Å².